The molecule has 0 radical (unpaired) electrons. The lowest BCUT2D eigenvalue weighted by Gasteiger charge is -2.33. The molecule has 0 unspecified atom stereocenters. The summed E-state index contributed by atoms with van der Waals surface area (Å²) < 4.78 is 0. The van der Waals surface area contributed by atoms with E-state index in [0.717, 1.165) is 0 Å². The monoisotopic (exact) mass is 492 g/mol. The highest BCUT2D eigenvalue weighted by molar-refractivity contribution is 5.84. The molecule has 0 heteroatoms. The summed E-state index contributed by atoms with van der Waals surface area (Å²) in [6.07, 6.45) is 20.8. The van der Waals surface area contributed by atoms with Gasteiger partial charge in [-0.15, -0.1) is 0 Å². The first-order valence-corrected chi connectivity index (χ1v) is 15.2. The maximum Gasteiger partial charge on any atom is 0.0215 e. The zero-order valence-electron chi connectivity index (χ0n) is 23.5. The molecule has 37 heavy (non-hydrogen) atoms. The molecular formula is C37H48. The van der Waals surface area contributed by atoms with E-state index >= 15 is 0 Å². The summed E-state index contributed by atoms with van der Waals surface area (Å²) in [6, 6.07) is 25.5. The van der Waals surface area contributed by atoms with Crippen LogP contribution in [0.5, 0.6) is 0 Å². The van der Waals surface area contributed by atoms with Crippen molar-refractivity contribution in [3.05, 3.63) is 90.0 Å². The van der Waals surface area contributed by atoms with E-state index in [9.17, 15) is 0 Å². The maximum absolute atomic E-state index is 3.93. The molecule has 0 heterocycles. The Kier molecular flexibility index (Phi) is 10.2. The highest BCUT2D eigenvalue weighted by Gasteiger charge is 2.42. The SMILES string of the molecule is C=Cc1ccc(-c2ccc3c(c2)C(CCCCCCCC)(CCCCCCCC)c2ccccc2-3)cc1. The largest absolute Gasteiger partial charge is 0.0985 e. The minimum atomic E-state index is 0.151. The fourth-order valence-electron chi connectivity index (χ4n) is 6.52. The van der Waals surface area contributed by atoms with Gasteiger partial charge >= 0.3 is 0 Å². The topological polar surface area (TPSA) is 0 Å². The van der Waals surface area contributed by atoms with Gasteiger partial charge in [-0.1, -0.05) is 164 Å². The normalized spacial score (nSPS) is 13.4. The second kappa shape index (κ2) is 13.8. The van der Waals surface area contributed by atoms with Crippen LogP contribution in [0.2, 0.25) is 0 Å². The lowest BCUT2D eigenvalue weighted by molar-refractivity contribution is 0.398. The van der Waals surface area contributed by atoms with Crippen LogP contribution in [0, 0.1) is 0 Å². The van der Waals surface area contributed by atoms with Crippen LogP contribution in [0.4, 0.5) is 0 Å². The van der Waals surface area contributed by atoms with Crippen LogP contribution in [0.3, 0.4) is 0 Å². The zero-order chi connectivity index (χ0) is 25.9. The third-order valence-electron chi connectivity index (χ3n) is 8.66. The highest BCUT2D eigenvalue weighted by atomic mass is 14.4. The van der Waals surface area contributed by atoms with E-state index in [-0.39, 0.29) is 5.41 Å². The van der Waals surface area contributed by atoms with Crippen LogP contribution in [0.15, 0.2) is 73.3 Å². The number of benzene rings is 3. The van der Waals surface area contributed by atoms with Crippen molar-refractivity contribution in [1.82, 2.24) is 0 Å². The minimum absolute atomic E-state index is 0.151. The summed E-state index contributed by atoms with van der Waals surface area (Å²) in [4.78, 5) is 0. The van der Waals surface area contributed by atoms with Gasteiger partial charge < -0.3 is 0 Å². The van der Waals surface area contributed by atoms with Gasteiger partial charge in [0.05, 0.1) is 0 Å². The first-order valence-electron chi connectivity index (χ1n) is 15.2. The lowest BCUT2D eigenvalue weighted by atomic mass is 9.70. The van der Waals surface area contributed by atoms with Gasteiger partial charge in [-0.05, 0) is 57.9 Å². The highest BCUT2D eigenvalue weighted by Crippen LogP contribution is 2.54. The molecule has 0 saturated heterocycles. The van der Waals surface area contributed by atoms with E-state index in [2.05, 4.69) is 87.2 Å². The molecule has 0 aromatic heterocycles. The van der Waals surface area contributed by atoms with E-state index in [1.165, 1.54) is 118 Å². The van der Waals surface area contributed by atoms with Gasteiger partial charge in [0.25, 0.3) is 0 Å². The van der Waals surface area contributed by atoms with Crippen LogP contribution in [-0.2, 0) is 5.41 Å². The van der Waals surface area contributed by atoms with Crippen molar-refractivity contribution in [2.75, 3.05) is 0 Å². The molecule has 0 aliphatic heterocycles. The molecule has 4 rings (SSSR count). The second-order valence-corrected chi connectivity index (χ2v) is 11.2. The van der Waals surface area contributed by atoms with Crippen LogP contribution in [0.25, 0.3) is 28.3 Å². The molecule has 0 nitrogen and oxygen atoms in total. The molecule has 0 spiro atoms. The Hall–Kier alpha value is -2.60. The summed E-state index contributed by atoms with van der Waals surface area (Å²) >= 11 is 0. The predicted octanol–water partition coefficient (Wildman–Crippen LogP) is 11.8. The first-order chi connectivity index (χ1) is 18.2. The molecule has 0 atom stereocenters. The van der Waals surface area contributed by atoms with E-state index in [1.54, 1.807) is 11.1 Å². The summed E-state index contributed by atoms with van der Waals surface area (Å²) in [5, 5.41) is 0. The van der Waals surface area contributed by atoms with Gasteiger partial charge in [-0.3, -0.25) is 0 Å². The van der Waals surface area contributed by atoms with Crippen LogP contribution in [0.1, 0.15) is 120 Å². The number of rotatable bonds is 16. The van der Waals surface area contributed by atoms with Crippen molar-refractivity contribution >= 4 is 6.08 Å². The van der Waals surface area contributed by atoms with E-state index in [0.29, 0.717) is 0 Å². The summed E-state index contributed by atoms with van der Waals surface area (Å²) in [6.45, 7) is 8.55. The summed E-state index contributed by atoms with van der Waals surface area (Å²) in [5.74, 6) is 0. The Morgan fingerprint density at radius 3 is 1.73 bits per heavy atom. The second-order valence-electron chi connectivity index (χ2n) is 11.2. The number of hydrogen-bond donors (Lipinski definition) is 0. The molecule has 1 aliphatic carbocycles. The Labute approximate surface area is 227 Å². The van der Waals surface area contributed by atoms with Crippen molar-refractivity contribution in [3.8, 4) is 22.3 Å². The van der Waals surface area contributed by atoms with E-state index in [4.69, 9.17) is 0 Å². The van der Waals surface area contributed by atoms with Gasteiger partial charge in [0.1, 0.15) is 0 Å². The minimum Gasteiger partial charge on any atom is -0.0985 e. The molecular weight excluding hydrogens is 444 g/mol. The fourth-order valence-corrected chi connectivity index (χ4v) is 6.52. The Bertz CT molecular complexity index is 1100. The van der Waals surface area contributed by atoms with Gasteiger partial charge in [0.2, 0.25) is 0 Å². The fraction of sp³-hybridized carbons (Fsp3) is 0.459. The molecule has 0 bridgehead atoms. The summed E-state index contributed by atoms with van der Waals surface area (Å²) in [5.41, 5.74) is 10.1. The Balaban J connectivity index is 1.66. The van der Waals surface area contributed by atoms with E-state index < -0.39 is 0 Å². The van der Waals surface area contributed by atoms with Crippen molar-refractivity contribution < 1.29 is 0 Å². The quantitative estimate of drug-likeness (QED) is 0.174. The van der Waals surface area contributed by atoms with Crippen LogP contribution in [-0.4, -0.2) is 0 Å². The molecule has 3 aromatic rings. The van der Waals surface area contributed by atoms with Gasteiger partial charge in [-0.2, -0.15) is 0 Å². The molecule has 0 fully saturated rings. The Morgan fingerprint density at radius 2 is 1.11 bits per heavy atom. The number of hydrogen-bond acceptors (Lipinski definition) is 0. The van der Waals surface area contributed by atoms with Gasteiger partial charge in [0, 0.05) is 5.41 Å². The third kappa shape index (κ3) is 6.46. The molecule has 0 N–H and O–H groups in total. The molecule has 196 valence electrons. The van der Waals surface area contributed by atoms with Gasteiger partial charge in [0.15, 0.2) is 0 Å². The Morgan fingerprint density at radius 1 is 0.568 bits per heavy atom. The van der Waals surface area contributed by atoms with Crippen LogP contribution >= 0.6 is 0 Å². The third-order valence-corrected chi connectivity index (χ3v) is 8.66. The van der Waals surface area contributed by atoms with E-state index in [1.807, 2.05) is 6.08 Å². The average Bonchev–Trinajstić information content (AvgIpc) is 3.22. The lowest BCUT2D eigenvalue weighted by Crippen LogP contribution is -2.25. The maximum atomic E-state index is 3.93. The molecule has 0 amide bonds. The van der Waals surface area contributed by atoms with Crippen molar-refractivity contribution in [2.24, 2.45) is 0 Å². The smallest absolute Gasteiger partial charge is 0.0215 e. The zero-order valence-corrected chi connectivity index (χ0v) is 23.5. The molecule has 3 aromatic carbocycles. The average molecular weight is 493 g/mol. The standard InChI is InChI=1S/C37H48/c1-4-7-9-11-13-17-27-37(28-18-14-12-10-8-5-2)35-20-16-15-19-33(35)34-26-25-32(29-36(34)37)31-23-21-30(6-3)22-24-31/h6,15-16,19-26,29H,3-5,7-14,17-18,27-28H2,1-2H3. The van der Waals surface area contributed by atoms with Gasteiger partial charge in [-0.25, -0.2) is 0 Å². The number of unbranched alkanes of at least 4 members (excludes halogenated alkanes) is 10. The molecule has 0 saturated carbocycles. The predicted molar refractivity (Wildman–Crippen MR) is 164 cm³/mol. The summed E-state index contributed by atoms with van der Waals surface area (Å²) in [7, 11) is 0. The first kappa shape index (κ1) is 27.4. The van der Waals surface area contributed by atoms with Crippen LogP contribution < -0.4 is 0 Å². The molecule has 1 aliphatic rings. The number of fused-ring (bicyclic) bond motifs is 3. The van der Waals surface area contributed by atoms with Crippen molar-refractivity contribution in [1.29, 1.82) is 0 Å². The van der Waals surface area contributed by atoms with Crippen molar-refractivity contribution in [3.63, 3.8) is 0 Å². The van der Waals surface area contributed by atoms with Crippen molar-refractivity contribution in [2.45, 2.75) is 109 Å².